The molecule has 1 atom stereocenters. The SMILES string of the molecule is CC(NC(=O)C1C(C)(C)C1(C)C)C(=O)O. The Kier molecular flexibility index (Phi) is 2.58. The topological polar surface area (TPSA) is 66.4 Å². The molecule has 0 aromatic carbocycles. The third kappa shape index (κ3) is 1.73. The summed E-state index contributed by atoms with van der Waals surface area (Å²) in [5.74, 6) is -1.24. The van der Waals surface area contributed by atoms with Gasteiger partial charge in [-0.25, -0.2) is 0 Å². The fraction of sp³-hybridized carbons (Fsp3) is 0.818. The second-order valence-electron chi connectivity index (χ2n) is 5.44. The first-order chi connectivity index (χ1) is 6.62. The van der Waals surface area contributed by atoms with E-state index in [9.17, 15) is 9.59 Å². The maximum Gasteiger partial charge on any atom is 0.325 e. The molecular weight excluding hydrogens is 194 g/mol. The highest BCUT2D eigenvalue weighted by Crippen LogP contribution is 2.68. The Bertz CT molecular complexity index is 293. The molecule has 0 bridgehead atoms. The molecule has 86 valence electrons. The molecule has 0 aliphatic heterocycles. The molecule has 1 rings (SSSR count). The van der Waals surface area contributed by atoms with Crippen molar-refractivity contribution in [1.82, 2.24) is 5.32 Å². The predicted octanol–water partition coefficient (Wildman–Crippen LogP) is 1.26. The molecule has 0 aromatic rings. The van der Waals surface area contributed by atoms with Crippen LogP contribution < -0.4 is 5.32 Å². The van der Waals surface area contributed by atoms with E-state index in [4.69, 9.17) is 5.11 Å². The normalized spacial score (nSPS) is 24.3. The van der Waals surface area contributed by atoms with Crippen LogP contribution >= 0.6 is 0 Å². The number of carbonyl (C=O) groups excluding carboxylic acids is 1. The lowest BCUT2D eigenvalue weighted by atomic mass is 10.0. The van der Waals surface area contributed by atoms with E-state index in [0.717, 1.165) is 0 Å². The number of carbonyl (C=O) groups is 2. The van der Waals surface area contributed by atoms with Gasteiger partial charge in [0.25, 0.3) is 0 Å². The number of aliphatic carboxylic acids is 1. The summed E-state index contributed by atoms with van der Waals surface area (Å²) in [6.07, 6.45) is 0. The molecule has 0 spiro atoms. The maximum absolute atomic E-state index is 11.8. The molecular formula is C11H19NO3. The average Bonchev–Trinajstić information content (AvgIpc) is 2.41. The van der Waals surface area contributed by atoms with Crippen molar-refractivity contribution in [3.8, 4) is 0 Å². The number of hydrogen-bond donors (Lipinski definition) is 2. The van der Waals surface area contributed by atoms with Gasteiger partial charge in [0.05, 0.1) is 0 Å². The van der Waals surface area contributed by atoms with Crippen molar-refractivity contribution in [3.63, 3.8) is 0 Å². The van der Waals surface area contributed by atoms with Gasteiger partial charge in [0.15, 0.2) is 0 Å². The van der Waals surface area contributed by atoms with E-state index in [2.05, 4.69) is 5.32 Å². The second kappa shape index (κ2) is 3.22. The quantitative estimate of drug-likeness (QED) is 0.741. The number of rotatable bonds is 3. The van der Waals surface area contributed by atoms with Crippen molar-refractivity contribution in [2.45, 2.75) is 40.7 Å². The molecule has 4 heteroatoms. The van der Waals surface area contributed by atoms with Crippen LogP contribution in [0.1, 0.15) is 34.6 Å². The standard InChI is InChI=1S/C11H19NO3/c1-6(9(14)15)12-8(13)7-10(2,3)11(7,4)5/h6-7H,1-5H3,(H,12,13)(H,14,15). The third-order valence-corrected chi connectivity index (χ3v) is 4.01. The predicted molar refractivity (Wildman–Crippen MR) is 56.3 cm³/mol. The lowest BCUT2D eigenvalue weighted by Gasteiger charge is -2.09. The van der Waals surface area contributed by atoms with Gasteiger partial charge in [-0.1, -0.05) is 27.7 Å². The van der Waals surface area contributed by atoms with Crippen LogP contribution in [-0.2, 0) is 9.59 Å². The highest BCUT2D eigenvalue weighted by atomic mass is 16.4. The Labute approximate surface area is 90.0 Å². The van der Waals surface area contributed by atoms with Gasteiger partial charge >= 0.3 is 5.97 Å². The largest absolute Gasteiger partial charge is 0.480 e. The summed E-state index contributed by atoms with van der Waals surface area (Å²) in [7, 11) is 0. The summed E-state index contributed by atoms with van der Waals surface area (Å²) in [6.45, 7) is 9.60. The molecule has 15 heavy (non-hydrogen) atoms. The monoisotopic (exact) mass is 213 g/mol. The zero-order valence-electron chi connectivity index (χ0n) is 9.92. The zero-order chi connectivity index (χ0) is 12.0. The number of nitrogens with one attached hydrogen (secondary N) is 1. The molecule has 0 aromatic heterocycles. The lowest BCUT2D eigenvalue weighted by molar-refractivity contribution is -0.141. The molecule has 1 aliphatic carbocycles. The molecule has 0 saturated heterocycles. The van der Waals surface area contributed by atoms with Gasteiger partial charge in [0.2, 0.25) is 5.91 Å². The average molecular weight is 213 g/mol. The fourth-order valence-electron chi connectivity index (χ4n) is 2.21. The molecule has 1 fully saturated rings. The minimum atomic E-state index is -1.00. The molecule has 2 N–H and O–H groups in total. The Morgan fingerprint density at radius 3 is 1.87 bits per heavy atom. The highest BCUT2D eigenvalue weighted by molar-refractivity contribution is 5.88. The van der Waals surface area contributed by atoms with Gasteiger partial charge in [-0.3, -0.25) is 9.59 Å². The Morgan fingerprint density at radius 1 is 1.20 bits per heavy atom. The van der Waals surface area contributed by atoms with E-state index in [0.29, 0.717) is 0 Å². The van der Waals surface area contributed by atoms with Crippen LogP contribution in [0, 0.1) is 16.7 Å². The van der Waals surface area contributed by atoms with Crippen molar-refractivity contribution in [2.24, 2.45) is 16.7 Å². The third-order valence-electron chi connectivity index (χ3n) is 4.01. The molecule has 1 saturated carbocycles. The van der Waals surface area contributed by atoms with Crippen LogP contribution in [0.5, 0.6) is 0 Å². The number of carboxylic acid groups (broad SMARTS) is 1. The summed E-state index contributed by atoms with van der Waals surface area (Å²) in [4.78, 5) is 22.4. The molecule has 0 heterocycles. The minimum absolute atomic E-state index is 0.0463. The molecule has 1 aliphatic rings. The van der Waals surface area contributed by atoms with Gasteiger partial charge in [0.1, 0.15) is 6.04 Å². The first-order valence-electron chi connectivity index (χ1n) is 5.15. The van der Waals surface area contributed by atoms with Gasteiger partial charge in [-0.05, 0) is 17.8 Å². The van der Waals surface area contributed by atoms with Crippen molar-refractivity contribution in [2.75, 3.05) is 0 Å². The highest BCUT2D eigenvalue weighted by Gasteiger charge is 2.68. The number of carboxylic acids is 1. The van der Waals surface area contributed by atoms with Crippen LogP contribution in [0.15, 0.2) is 0 Å². The van der Waals surface area contributed by atoms with Crippen molar-refractivity contribution in [3.05, 3.63) is 0 Å². The molecule has 4 nitrogen and oxygen atoms in total. The number of hydrogen-bond acceptors (Lipinski definition) is 2. The Morgan fingerprint density at radius 2 is 1.60 bits per heavy atom. The van der Waals surface area contributed by atoms with Crippen molar-refractivity contribution in [1.29, 1.82) is 0 Å². The zero-order valence-corrected chi connectivity index (χ0v) is 9.92. The van der Waals surface area contributed by atoms with E-state index in [1.807, 2.05) is 27.7 Å². The van der Waals surface area contributed by atoms with Crippen LogP contribution in [0.4, 0.5) is 0 Å². The van der Waals surface area contributed by atoms with E-state index < -0.39 is 12.0 Å². The fourth-order valence-corrected chi connectivity index (χ4v) is 2.21. The van der Waals surface area contributed by atoms with Gasteiger partial charge in [-0.15, -0.1) is 0 Å². The summed E-state index contributed by atoms with van der Waals surface area (Å²) >= 11 is 0. The first-order valence-corrected chi connectivity index (χ1v) is 5.15. The Hall–Kier alpha value is -1.06. The molecule has 0 radical (unpaired) electrons. The maximum atomic E-state index is 11.8. The van der Waals surface area contributed by atoms with Crippen LogP contribution in [0.25, 0.3) is 0 Å². The first kappa shape index (κ1) is 12.0. The van der Waals surface area contributed by atoms with Gasteiger partial charge in [-0.2, -0.15) is 0 Å². The minimum Gasteiger partial charge on any atom is -0.480 e. The van der Waals surface area contributed by atoms with E-state index in [1.54, 1.807) is 0 Å². The van der Waals surface area contributed by atoms with Crippen LogP contribution in [0.2, 0.25) is 0 Å². The van der Waals surface area contributed by atoms with Gasteiger partial charge < -0.3 is 10.4 Å². The smallest absolute Gasteiger partial charge is 0.325 e. The van der Waals surface area contributed by atoms with E-state index in [1.165, 1.54) is 6.92 Å². The summed E-state index contributed by atoms with van der Waals surface area (Å²) in [5, 5.41) is 11.2. The van der Waals surface area contributed by atoms with Crippen molar-refractivity contribution >= 4 is 11.9 Å². The van der Waals surface area contributed by atoms with Crippen molar-refractivity contribution < 1.29 is 14.7 Å². The lowest BCUT2D eigenvalue weighted by Crippen LogP contribution is -2.40. The Balaban J connectivity index is 2.63. The number of amides is 1. The van der Waals surface area contributed by atoms with Gasteiger partial charge in [0, 0.05) is 5.92 Å². The molecule has 1 unspecified atom stereocenters. The molecule has 1 amide bonds. The second-order valence-corrected chi connectivity index (χ2v) is 5.44. The van der Waals surface area contributed by atoms with E-state index >= 15 is 0 Å². The summed E-state index contributed by atoms with van der Waals surface area (Å²) in [6, 6.07) is -0.815. The van der Waals surface area contributed by atoms with Crippen LogP contribution in [0.3, 0.4) is 0 Å². The summed E-state index contributed by atoms with van der Waals surface area (Å²) in [5.41, 5.74) is -0.0926. The van der Waals surface area contributed by atoms with Crippen LogP contribution in [-0.4, -0.2) is 23.0 Å². The summed E-state index contributed by atoms with van der Waals surface area (Å²) < 4.78 is 0. The van der Waals surface area contributed by atoms with E-state index in [-0.39, 0.29) is 22.7 Å².